The number of carboxylic acids is 1. The maximum absolute atomic E-state index is 12.9. The van der Waals surface area contributed by atoms with Gasteiger partial charge in [0.1, 0.15) is 0 Å². The van der Waals surface area contributed by atoms with E-state index in [9.17, 15) is 19.5 Å². The summed E-state index contributed by atoms with van der Waals surface area (Å²) in [5, 5.41) is 9.33. The first kappa shape index (κ1) is 15.6. The third-order valence-electron chi connectivity index (χ3n) is 5.15. The molecule has 0 unspecified atom stereocenters. The summed E-state index contributed by atoms with van der Waals surface area (Å²) in [5.41, 5.74) is 1.22. The Kier molecular flexibility index (Phi) is 3.67. The van der Waals surface area contributed by atoms with Crippen molar-refractivity contribution < 1.29 is 14.7 Å². The van der Waals surface area contributed by atoms with Crippen LogP contribution in [0, 0.1) is 5.92 Å². The molecule has 1 aromatic heterocycles. The first-order valence-corrected chi connectivity index (χ1v) is 8.36. The predicted octanol–water partition coefficient (Wildman–Crippen LogP) is 1.81. The van der Waals surface area contributed by atoms with Crippen LogP contribution in [0.25, 0.3) is 0 Å². The van der Waals surface area contributed by atoms with Crippen molar-refractivity contribution in [2.24, 2.45) is 5.92 Å². The lowest BCUT2D eigenvalue weighted by Gasteiger charge is -2.42. The Bertz CT molecular complexity index is 918. The number of hydrogen-bond donors (Lipinski definition) is 1. The normalized spacial score (nSPS) is 21.5. The molecule has 1 fully saturated rings. The van der Waals surface area contributed by atoms with E-state index in [1.54, 1.807) is 35.2 Å². The van der Waals surface area contributed by atoms with Gasteiger partial charge in [0.05, 0.1) is 11.1 Å². The Morgan fingerprint density at radius 2 is 1.72 bits per heavy atom. The molecule has 1 saturated heterocycles. The van der Waals surface area contributed by atoms with Gasteiger partial charge >= 0.3 is 5.97 Å². The molecular weight excluding hydrogens is 320 g/mol. The molecule has 0 saturated carbocycles. The van der Waals surface area contributed by atoms with Crippen LogP contribution in [0.5, 0.6) is 0 Å². The van der Waals surface area contributed by atoms with Crippen molar-refractivity contribution in [2.45, 2.75) is 18.9 Å². The number of nitrogens with zero attached hydrogens (tertiary/aromatic N) is 2. The van der Waals surface area contributed by atoms with E-state index in [0.29, 0.717) is 19.6 Å². The fourth-order valence-corrected chi connectivity index (χ4v) is 4.09. The Labute approximate surface area is 144 Å². The lowest BCUT2D eigenvalue weighted by molar-refractivity contribution is 0.0580. The van der Waals surface area contributed by atoms with Crippen LogP contribution in [-0.4, -0.2) is 39.5 Å². The molecule has 2 bridgehead atoms. The number of carbonyl (C=O) groups is 2. The van der Waals surface area contributed by atoms with Crippen LogP contribution in [0.1, 0.15) is 38.7 Å². The standard InChI is InChI=1S/C19H18N2O4/c22-17-7-3-6-16-13-8-12(10-21(16)17)9-20(11-13)18(23)14-4-1-2-5-15(14)19(24)25/h1-7,12-13H,8-11H2,(H,24,25)/t12-,13-/m1/s1. The molecule has 25 heavy (non-hydrogen) atoms. The number of pyridine rings is 1. The summed E-state index contributed by atoms with van der Waals surface area (Å²) in [7, 11) is 0. The highest BCUT2D eigenvalue weighted by Crippen LogP contribution is 2.35. The van der Waals surface area contributed by atoms with Crippen molar-refractivity contribution in [2.75, 3.05) is 13.1 Å². The molecule has 6 heteroatoms. The smallest absolute Gasteiger partial charge is 0.336 e. The highest BCUT2D eigenvalue weighted by molar-refractivity contribution is 6.04. The van der Waals surface area contributed by atoms with Crippen LogP contribution < -0.4 is 5.56 Å². The predicted molar refractivity (Wildman–Crippen MR) is 90.9 cm³/mol. The summed E-state index contributed by atoms with van der Waals surface area (Å²) in [6, 6.07) is 11.6. The Morgan fingerprint density at radius 3 is 2.48 bits per heavy atom. The first-order valence-electron chi connectivity index (χ1n) is 8.36. The number of aromatic carboxylic acids is 1. The molecule has 2 aromatic rings. The quantitative estimate of drug-likeness (QED) is 0.906. The molecule has 2 atom stereocenters. The minimum absolute atomic E-state index is 0.00296. The first-order chi connectivity index (χ1) is 12.0. The van der Waals surface area contributed by atoms with E-state index < -0.39 is 5.97 Å². The molecule has 1 N–H and O–H groups in total. The van der Waals surface area contributed by atoms with Gasteiger partial charge in [-0.05, 0) is 30.5 Å². The Balaban J connectivity index is 1.66. The van der Waals surface area contributed by atoms with E-state index in [0.717, 1.165) is 12.1 Å². The van der Waals surface area contributed by atoms with Crippen molar-refractivity contribution in [3.05, 3.63) is 69.6 Å². The fourth-order valence-electron chi connectivity index (χ4n) is 4.09. The number of likely N-dealkylation sites (tertiary alicyclic amines) is 1. The minimum atomic E-state index is -1.10. The summed E-state index contributed by atoms with van der Waals surface area (Å²) in [6.45, 7) is 1.66. The third-order valence-corrected chi connectivity index (χ3v) is 5.15. The third kappa shape index (κ3) is 2.63. The summed E-state index contributed by atoms with van der Waals surface area (Å²) in [5.74, 6) is -1.02. The van der Waals surface area contributed by atoms with Gasteiger partial charge in [-0.2, -0.15) is 0 Å². The second kappa shape index (κ2) is 5.88. The lowest BCUT2D eigenvalue weighted by atomic mass is 9.83. The zero-order valence-corrected chi connectivity index (χ0v) is 13.6. The Hall–Kier alpha value is -2.89. The van der Waals surface area contributed by atoms with E-state index in [2.05, 4.69) is 0 Å². The highest BCUT2D eigenvalue weighted by atomic mass is 16.4. The number of aromatic nitrogens is 1. The molecule has 6 nitrogen and oxygen atoms in total. The van der Waals surface area contributed by atoms with E-state index in [4.69, 9.17) is 0 Å². The zero-order chi connectivity index (χ0) is 17.6. The molecule has 0 spiro atoms. The molecule has 0 aliphatic carbocycles. The SMILES string of the molecule is O=C(O)c1ccccc1C(=O)N1C[C@H]2C[C@H](C1)c1cccc(=O)n1C2. The van der Waals surface area contributed by atoms with Gasteiger partial charge in [0.2, 0.25) is 0 Å². The van der Waals surface area contributed by atoms with Crippen molar-refractivity contribution in [3.8, 4) is 0 Å². The minimum Gasteiger partial charge on any atom is -0.478 e. The molecule has 0 radical (unpaired) electrons. The number of carbonyl (C=O) groups excluding carboxylic acids is 1. The van der Waals surface area contributed by atoms with Crippen molar-refractivity contribution in [3.63, 3.8) is 0 Å². The number of piperidine rings is 1. The van der Waals surface area contributed by atoms with E-state index in [1.165, 1.54) is 6.07 Å². The molecule has 2 aliphatic heterocycles. The fraction of sp³-hybridized carbons (Fsp3) is 0.316. The Morgan fingerprint density at radius 1 is 0.960 bits per heavy atom. The molecule has 2 aliphatic rings. The van der Waals surface area contributed by atoms with Crippen molar-refractivity contribution in [1.82, 2.24) is 9.47 Å². The topological polar surface area (TPSA) is 79.6 Å². The maximum atomic E-state index is 12.9. The number of benzene rings is 1. The van der Waals surface area contributed by atoms with Crippen LogP contribution in [0.3, 0.4) is 0 Å². The van der Waals surface area contributed by atoms with Gasteiger partial charge in [-0.1, -0.05) is 18.2 Å². The zero-order valence-electron chi connectivity index (χ0n) is 13.6. The monoisotopic (exact) mass is 338 g/mol. The van der Waals surface area contributed by atoms with Crippen molar-refractivity contribution in [1.29, 1.82) is 0 Å². The van der Waals surface area contributed by atoms with Crippen LogP contribution in [0.2, 0.25) is 0 Å². The van der Waals surface area contributed by atoms with Crippen LogP contribution >= 0.6 is 0 Å². The van der Waals surface area contributed by atoms with Gasteiger partial charge in [-0.25, -0.2) is 4.79 Å². The van der Waals surface area contributed by atoms with Crippen LogP contribution in [0.15, 0.2) is 47.3 Å². The van der Waals surface area contributed by atoms with Crippen LogP contribution in [-0.2, 0) is 6.54 Å². The van der Waals surface area contributed by atoms with Gasteiger partial charge < -0.3 is 14.6 Å². The van der Waals surface area contributed by atoms with Gasteiger partial charge in [0.15, 0.2) is 0 Å². The second-order valence-corrected chi connectivity index (χ2v) is 6.76. The largest absolute Gasteiger partial charge is 0.478 e. The molecule has 128 valence electrons. The number of fused-ring (bicyclic) bond motifs is 4. The van der Waals surface area contributed by atoms with Gasteiger partial charge in [0.25, 0.3) is 11.5 Å². The maximum Gasteiger partial charge on any atom is 0.336 e. The van der Waals surface area contributed by atoms with E-state index in [1.807, 2.05) is 10.6 Å². The van der Waals surface area contributed by atoms with Crippen molar-refractivity contribution >= 4 is 11.9 Å². The second-order valence-electron chi connectivity index (χ2n) is 6.76. The highest BCUT2D eigenvalue weighted by Gasteiger charge is 2.37. The van der Waals surface area contributed by atoms with Gasteiger partial charge in [0, 0.05) is 37.3 Å². The lowest BCUT2D eigenvalue weighted by Crippen LogP contribution is -2.49. The number of rotatable bonds is 2. The average molecular weight is 338 g/mol. The van der Waals surface area contributed by atoms with Crippen LogP contribution in [0.4, 0.5) is 0 Å². The molecule has 1 aromatic carbocycles. The summed E-state index contributed by atoms with van der Waals surface area (Å²) < 4.78 is 1.81. The van der Waals surface area contributed by atoms with E-state index in [-0.39, 0.29) is 34.4 Å². The summed E-state index contributed by atoms with van der Waals surface area (Å²) in [6.07, 6.45) is 0.952. The number of hydrogen-bond acceptors (Lipinski definition) is 3. The average Bonchev–Trinajstić information content (AvgIpc) is 2.62. The van der Waals surface area contributed by atoms with Gasteiger partial charge in [-0.3, -0.25) is 9.59 Å². The summed E-state index contributed by atoms with van der Waals surface area (Å²) >= 11 is 0. The number of amides is 1. The number of carboxylic acid groups (broad SMARTS) is 1. The molecule has 4 rings (SSSR count). The molecular formula is C19H18N2O4. The molecule has 1 amide bonds. The van der Waals surface area contributed by atoms with Gasteiger partial charge in [-0.15, -0.1) is 0 Å². The molecule has 3 heterocycles. The summed E-state index contributed by atoms with van der Waals surface area (Å²) in [4.78, 5) is 38.1. The van der Waals surface area contributed by atoms with E-state index >= 15 is 0 Å².